The van der Waals surface area contributed by atoms with Gasteiger partial charge in [-0.15, -0.1) is 0 Å². The van der Waals surface area contributed by atoms with Crippen molar-refractivity contribution in [1.29, 1.82) is 0 Å². The van der Waals surface area contributed by atoms with Gasteiger partial charge in [0.05, 0.1) is 6.61 Å². The van der Waals surface area contributed by atoms with Gasteiger partial charge in [0, 0.05) is 12.8 Å². The SMILES string of the molecule is CC/C=C\C/C=C\C/C=C\C/C=C\CCCCCCCCCCCCCCCCCCCCCCCCCCCCCCC(=O)OC(CO)COC(=O)CCCCCCCCCCC. The third kappa shape index (κ3) is 52.5. The monoisotopic (exact) mass is 897 g/mol. The second-order valence-electron chi connectivity index (χ2n) is 19.0. The summed E-state index contributed by atoms with van der Waals surface area (Å²) in [7, 11) is 0. The molecule has 0 aliphatic rings. The first-order valence-electron chi connectivity index (χ1n) is 28.2. The molecular formula is C59H108O5. The molecule has 0 aromatic heterocycles. The van der Waals surface area contributed by atoms with Crippen LogP contribution in [0.1, 0.15) is 296 Å². The Morgan fingerprint density at radius 3 is 1.02 bits per heavy atom. The quantitative estimate of drug-likeness (QED) is 0.0374. The number of rotatable bonds is 52. The van der Waals surface area contributed by atoms with Gasteiger partial charge in [0.2, 0.25) is 0 Å². The van der Waals surface area contributed by atoms with Crippen molar-refractivity contribution in [2.45, 2.75) is 302 Å². The molecule has 0 rings (SSSR count). The van der Waals surface area contributed by atoms with Crippen LogP contribution in [0.5, 0.6) is 0 Å². The standard InChI is InChI=1S/C59H108O5/c1-3-5-7-9-11-13-14-15-16-17-18-19-20-21-22-23-24-25-26-27-28-29-30-31-32-33-34-35-36-37-38-39-40-41-42-43-44-46-48-50-52-54-59(62)64-57(55-60)56-63-58(61)53-51-49-47-45-12-10-8-6-4-2/h5,7,11,13,15-16,18-19,57,60H,3-4,6,8-10,12,14,17,20-56H2,1-2H3/b7-5-,13-11-,16-15-,19-18-. The molecule has 0 aliphatic heterocycles. The van der Waals surface area contributed by atoms with Crippen LogP contribution in [0.4, 0.5) is 0 Å². The average Bonchev–Trinajstić information content (AvgIpc) is 3.30. The Bertz CT molecular complexity index is 1060. The van der Waals surface area contributed by atoms with E-state index in [2.05, 4.69) is 62.5 Å². The number of aliphatic hydroxyl groups is 1. The molecule has 1 atom stereocenters. The van der Waals surface area contributed by atoms with Gasteiger partial charge in [0.15, 0.2) is 6.10 Å². The molecule has 0 amide bonds. The lowest BCUT2D eigenvalue weighted by atomic mass is 10.0. The van der Waals surface area contributed by atoms with Gasteiger partial charge in [-0.2, -0.15) is 0 Å². The van der Waals surface area contributed by atoms with Gasteiger partial charge in [-0.05, 0) is 51.4 Å². The van der Waals surface area contributed by atoms with E-state index in [0.717, 1.165) is 64.2 Å². The maximum atomic E-state index is 12.2. The fourth-order valence-electron chi connectivity index (χ4n) is 8.43. The topological polar surface area (TPSA) is 72.8 Å². The Hall–Kier alpha value is -2.14. The Labute approximate surface area is 398 Å². The maximum absolute atomic E-state index is 12.2. The number of esters is 2. The molecule has 374 valence electrons. The van der Waals surface area contributed by atoms with E-state index < -0.39 is 6.10 Å². The van der Waals surface area contributed by atoms with Gasteiger partial charge in [-0.25, -0.2) is 0 Å². The molecule has 0 heterocycles. The summed E-state index contributed by atoms with van der Waals surface area (Å²) in [5, 5.41) is 9.58. The smallest absolute Gasteiger partial charge is 0.306 e. The molecule has 1 N–H and O–H groups in total. The second kappa shape index (κ2) is 55.2. The summed E-state index contributed by atoms with van der Waals surface area (Å²) in [6.45, 7) is 4.03. The lowest BCUT2D eigenvalue weighted by Gasteiger charge is -2.15. The van der Waals surface area contributed by atoms with Crippen LogP contribution in [0, 0.1) is 0 Å². The first kappa shape index (κ1) is 61.9. The van der Waals surface area contributed by atoms with Crippen molar-refractivity contribution >= 4 is 11.9 Å². The van der Waals surface area contributed by atoms with E-state index in [0.29, 0.717) is 12.8 Å². The van der Waals surface area contributed by atoms with Gasteiger partial charge < -0.3 is 14.6 Å². The first-order chi connectivity index (χ1) is 31.6. The molecule has 0 radical (unpaired) electrons. The highest BCUT2D eigenvalue weighted by molar-refractivity contribution is 5.70. The normalized spacial score (nSPS) is 12.5. The van der Waals surface area contributed by atoms with E-state index in [1.807, 2.05) is 0 Å². The minimum atomic E-state index is -0.765. The van der Waals surface area contributed by atoms with E-state index in [1.54, 1.807) is 0 Å². The molecule has 1 unspecified atom stereocenters. The predicted octanol–water partition coefficient (Wildman–Crippen LogP) is 18.9. The minimum Gasteiger partial charge on any atom is -0.462 e. The number of hydrogen-bond acceptors (Lipinski definition) is 5. The summed E-state index contributed by atoms with van der Waals surface area (Å²) in [6, 6.07) is 0. The maximum Gasteiger partial charge on any atom is 0.306 e. The van der Waals surface area contributed by atoms with Crippen molar-refractivity contribution < 1.29 is 24.2 Å². The number of ether oxygens (including phenoxy) is 2. The highest BCUT2D eigenvalue weighted by atomic mass is 16.6. The number of hydrogen-bond donors (Lipinski definition) is 1. The zero-order valence-electron chi connectivity index (χ0n) is 42.8. The van der Waals surface area contributed by atoms with Crippen molar-refractivity contribution in [1.82, 2.24) is 0 Å². The molecule has 0 saturated heterocycles. The lowest BCUT2D eigenvalue weighted by molar-refractivity contribution is -0.161. The van der Waals surface area contributed by atoms with Crippen LogP contribution in [0.3, 0.4) is 0 Å². The van der Waals surface area contributed by atoms with E-state index in [-0.39, 0.29) is 25.2 Å². The molecule has 5 heteroatoms. The number of aliphatic hydroxyl groups excluding tert-OH is 1. The summed E-state index contributed by atoms with van der Waals surface area (Å²) in [5.74, 6) is -0.579. The van der Waals surface area contributed by atoms with Crippen molar-refractivity contribution in [3.63, 3.8) is 0 Å². The molecule has 0 aromatic carbocycles. The van der Waals surface area contributed by atoms with E-state index in [4.69, 9.17) is 9.47 Å². The number of carbonyl (C=O) groups excluding carboxylic acids is 2. The van der Waals surface area contributed by atoms with E-state index in [1.165, 1.54) is 205 Å². The molecule has 0 saturated carbocycles. The molecule has 0 spiro atoms. The van der Waals surface area contributed by atoms with E-state index in [9.17, 15) is 14.7 Å². The Kier molecular flexibility index (Phi) is 53.3. The summed E-state index contributed by atoms with van der Waals surface area (Å²) in [6.07, 6.45) is 72.7. The Balaban J connectivity index is 3.33. The highest BCUT2D eigenvalue weighted by Crippen LogP contribution is 2.17. The van der Waals surface area contributed by atoms with Gasteiger partial charge >= 0.3 is 11.9 Å². The van der Waals surface area contributed by atoms with Crippen LogP contribution >= 0.6 is 0 Å². The lowest BCUT2D eigenvalue weighted by Crippen LogP contribution is -2.28. The van der Waals surface area contributed by atoms with Crippen molar-refractivity contribution in [2.24, 2.45) is 0 Å². The van der Waals surface area contributed by atoms with Gasteiger partial charge in [0.25, 0.3) is 0 Å². The molecule has 64 heavy (non-hydrogen) atoms. The van der Waals surface area contributed by atoms with Crippen LogP contribution < -0.4 is 0 Å². The zero-order valence-corrected chi connectivity index (χ0v) is 42.8. The molecule has 0 fully saturated rings. The zero-order chi connectivity index (χ0) is 46.3. The predicted molar refractivity (Wildman–Crippen MR) is 279 cm³/mol. The summed E-state index contributed by atoms with van der Waals surface area (Å²) in [4.78, 5) is 24.3. The minimum absolute atomic E-state index is 0.0598. The van der Waals surface area contributed by atoms with E-state index >= 15 is 0 Å². The van der Waals surface area contributed by atoms with Crippen molar-refractivity contribution in [2.75, 3.05) is 13.2 Å². The summed E-state index contributed by atoms with van der Waals surface area (Å²) < 4.78 is 10.6. The third-order valence-electron chi connectivity index (χ3n) is 12.6. The summed E-state index contributed by atoms with van der Waals surface area (Å²) in [5.41, 5.74) is 0. The van der Waals surface area contributed by atoms with Gasteiger partial charge in [-0.3, -0.25) is 9.59 Å². The second-order valence-corrected chi connectivity index (χ2v) is 19.0. The van der Waals surface area contributed by atoms with Crippen LogP contribution in [0.15, 0.2) is 48.6 Å². The molecule has 5 nitrogen and oxygen atoms in total. The fourth-order valence-corrected chi connectivity index (χ4v) is 8.43. The van der Waals surface area contributed by atoms with Crippen molar-refractivity contribution in [3.8, 4) is 0 Å². The average molecular weight is 898 g/mol. The largest absolute Gasteiger partial charge is 0.462 e. The first-order valence-corrected chi connectivity index (χ1v) is 28.2. The highest BCUT2D eigenvalue weighted by Gasteiger charge is 2.16. The van der Waals surface area contributed by atoms with Gasteiger partial charge in [-0.1, -0.05) is 281 Å². The molecule has 0 aromatic rings. The summed E-state index contributed by atoms with van der Waals surface area (Å²) >= 11 is 0. The Morgan fingerprint density at radius 1 is 0.375 bits per heavy atom. The number of allylic oxidation sites excluding steroid dienone is 8. The van der Waals surface area contributed by atoms with Crippen LogP contribution in [-0.4, -0.2) is 36.4 Å². The fraction of sp³-hybridized carbons (Fsp3) is 0.831. The number of carbonyl (C=O) groups is 2. The molecule has 0 bridgehead atoms. The van der Waals surface area contributed by atoms with Crippen LogP contribution in [0.25, 0.3) is 0 Å². The van der Waals surface area contributed by atoms with Crippen LogP contribution in [0.2, 0.25) is 0 Å². The van der Waals surface area contributed by atoms with Gasteiger partial charge in [0.1, 0.15) is 6.61 Å². The van der Waals surface area contributed by atoms with Crippen LogP contribution in [-0.2, 0) is 19.1 Å². The van der Waals surface area contributed by atoms with Crippen molar-refractivity contribution in [3.05, 3.63) is 48.6 Å². The molecular weight excluding hydrogens is 789 g/mol. The Morgan fingerprint density at radius 2 is 0.672 bits per heavy atom. The number of unbranched alkanes of at least 4 members (excludes halogenated alkanes) is 36. The third-order valence-corrected chi connectivity index (χ3v) is 12.6. The molecule has 0 aliphatic carbocycles.